The zero-order valence-electron chi connectivity index (χ0n) is 9.76. The Labute approximate surface area is 110 Å². The fourth-order valence-corrected chi connectivity index (χ4v) is 1.44. The minimum atomic E-state index is -1.34. The van der Waals surface area contributed by atoms with E-state index in [9.17, 15) is 19.7 Å². The Hall–Kier alpha value is -3.30. The summed E-state index contributed by atoms with van der Waals surface area (Å²) in [5, 5.41) is 23.5. The van der Waals surface area contributed by atoms with E-state index in [1.807, 2.05) is 0 Å². The average molecular weight is 277 g/mol. The van der Waals surface area contributed by atoms with Crippen molar-refractivity contribution >= 4 is 17.6 Å². The van der Waals surface area contributed by atoms with Crippen molar-refractivity contribution < 1.29 is 19.6 Å². The second kappa shape index (κ2) is 4.76. The zero-order chi connectivity index (χ0) is 14.9. The van der Waals surface area contributed by atoms with E-state index in [4.69, 9.17) is 10.8 Å². The highest BCUT2D eigenvalue weighted by molar-refractivity contribution is 5.92. The van der Waals surface area contributed by atoms with Crippen LogP contribution in [0.25, 0.3) is 5.82 Å². The normalized spacial score (nSPS) is 10.2. The van der Waals surface area contributed by atoms with Gasteiger partial charge >= 0.3 is 11.7 Å². The second-order valence-electron chi connectivity index (χ2n) is 3.64. The van der Waals surface area contributed by atoms with E-state index in [1.54, 1.807) is 0 Å². The first-order valence-corrected chi connectivity index (χ1v) is 5.13. The molecule has 0 aliphatic heterocycles. The number of rotatable bonds is 4. The highest BCUT2D eigenvalue weighted by Crippen LogP contribution is 2.20. The molecule has 0 atom stereocenters. The molecule has 20 heavy (non-hydrogen) atoms. The molecule has 3 N–H and O–H groups in total. The number of aromatic nitrogens is 3. The molecule has 10 heteroatoms. The molecule has 2 heterocycles. The Morgan fingerprint density at radius 1 is 1.40 bits per heavy atom. The number of nitrogens with zero attached hydrogens (tertiary/aromatic N) is 4. The lowest BCUT2D eigenvalue weighted by Crippen LogP contribution is -2.10. The molecule has 2 aromatic heterocycles. The summed E-state index contributed by atoms with van der Waals surface area (Å²) >= 11 is 0. The molecule has 1 amide bonds. The molecule has 0 radical (unpaired) electrons. The Morgan fingerprint density at radius 3 is 2.60 bits per heavy atom. The van der Waals surface area contributed by atoms with Crippen molar-refractivity contribution in [3.8, 4) is 5.82 Å². The molecular weight excluding hydrogens is 270 g/mol. The van der Waals surface area contributed by atoms with Crippen molar-refractivity contribution in [1.29, 1.82) is 0 Å². The van der Waals surface area contributed by atoms with E-state index < -0.39 is 22.5 Å². The lowest BCUT2D eigenvalue weighted by molar-refractivity contribution is -0.384. The number of carboxylic acids is 1. The van der Waals surface area contributed by atoms with Crippen LogP contribution in [0.15, 0.2) is 24.5 Å². The monoisotopic (exact) mass is 277 g/mol. The highest BCUT2D eigenvalue weighted by atomic mass is 16.6. The third kappa shape index (κ3) is 2.29. The number of nitrogens with two attached hydrogens (primary N) is 1. The minimum absolute atomic E-state index is 0.0156. The van der Waals surface area contributed by atoms with Gasteiger partial charge in [-0.1, -0.05) is 0 Å². The van der Waals surface area contributed by atoms with E-state index >= 15 is 0 Å². The number of carboxylic acid groups (broad SMARTS) is 1. The molecule has 0 aromatic carbocycles. The Morgan fingerprint density at radius 2 is 2.10 bits per heavy atom. The molecule has 0 saturated heterocycles. The van der Waals surface area contributed by atoms with Crippen LogP contribution in [0.3, 0.4) is 0 Å². The van der Waals surface area contributed by atoms with Crippen LogP contribution in [0.2, 0.25) is 0 Å². The van der Waals surface area contributed by atoms with Gasteiger partial charge in [-0.2, -0.15) is 5.10 Å². The first kappa shape index (κ1) is 13.1. The number of amides is 1. The third-order valence-corrected chi connectivity index (χ3v) is 2.35. The number of aromatic carboxylic acids is 1. The largest absolute Gasteiger partial charge is 0.477 e. The number of primary amides is 1. The number of hydrogen-bond acceptors (Lipinski definition) is 6. The van der Waals surface area contributed by atoms with Gasteiger partial charge in [0.15, 0.2) is 5.69 Å². The van der Waals surface area contributed by atoms with Crippen LogP contribution >= 0.6 is 0 Å². The summed E-state index contributed by atoms with van der Waals surface area (Å²) in [5.74, 6) is -2.43. The Balaban J connectivity index is 2.62. The van der Waals surface area contributed by atoms with Gasteiger partial charge in [-0.25, -0.2) is 14.5 Å². The molecule has 2 rings (SSSR count). The van der Waals surface area contributed by atoms with Gasteiger partial charge in [0.05, 0.1) is 16.7 Å². The van der Waals surface area contributed by atoms with Crippen LogP contribution in [0.4, 0.5) is 5.69 Å². The van der Waals surface area contributed by atoms with Gasteiger partial charge in [0, 0.05) is 12.3 Å². The van der Waals surface area contributed by atoms with E-state index in [0.717, 1.165) is 29.2 Å². The number of nitro groups is 1. The zero-order valence-corrected chi connectivity index (χ0v) is 9.76. The van der Waals surface area contributed by atoms with Gasteiger partial charge in [0.25, 0.3) is 5.91 Å². The Bertz CT molecular complexity index is 723. The van der Waals surface area contributed by atoms with E-state index in [-0.39, 0.29) is 17.1 Å². The average Bonchev–Trinajstić information content (AvgIpc) is 2.87. The van der Waals surface area contributed by atoms with Crippen molar-refractivity contribution in [3.05, 3.63) is 45.9 Å². The van der Waals surface area contributed by atoms with Crippen LogP contribution in [-0.2, 0) is 0 Å². The number of pyridine rings is 1. The van der Waals surface area contributed by atoms with Crippen molar-refractivity contribution in [2.75, 3.05) is 0 Å². The molecule has 10 nitrogen and oxygen atoms in total. The van der Waals surface area contributed by atoms with Crippen molar-refractivity contribution in [2.45, 2.75) is 0 Å². The number of carbonyl (C=O) groups is 2. The minimum Gasteiger partial charge on any atom is -0.477 e. The lowest BCUT2D eigenvalue weighted by atomic mass is 10.3. The van der Waals surface area contributed by atoms with Gasteiger partial charge in [-0.05, 0) is 6.07 Å². The first-order chi connectivity index (χ1) is 9.40. The number of hydrogen-bond donors (Lipinski definition) is 2. The molecule has 0 spiro atoms. The lowest BCUT2D eigenvalue weighted by Gasteiger charge is -2.02. The summed E-state index contributed by atoms with van der Waals surface area (Å²) in [6.07, 6.45) is 2.23. The van der Waals surface area contributed by atoms with Gasteiger partial charge in [0.1, 0.15) is 0 Å². The van der Waals surface area contributed by atoms with Crippen LogP contribution in [-0.4, -0.2) is 36.7 Å². The van der Waals surface area contributed by atoms with Crippen molar-refractivity contribution in [1.82, 2.24) is 14.8 Å². The summed E-state index contributed by atoms with van der Waals surface area (Å²) in [6.45, 7) is 0. The molecule has 2 aromatic rings. The predicted octanol–water partition coefficient (Wildman–Crippen LogP) is -0.0274. The third-order valence-electron chi connectivity index (χ3n) is 2.35. The van der Waals surface area contributed by atoms with E-state index in [1.165, 1.54) is 0 Å². The van der Waals surface area contributed by atoms with Crippen LogP contribution < -0.4 is 5.73 Å². The van der Waals surface area contributed by atoms with Crippen LogP contribution in [0.5, 0.6) is 0 Å². The van der Waals surface area contributed by atoms with E-state index in [2.05, 4.69) is 10.1 Å². The summed E-state index contributed by atoms with van der Waals surface area (Å²) in [6, 6.07) is 2.00. The van der Waals surface area contributed by atoms with Crippen molar-refractivity contribution in [2.24, 2.45) is 5.73 Å². The number of carbonyl (C=O) groups excluding carboxylic acids is 1. The van der Waals surface area contributed by atoms with E-state index in [0.29, 0.717) is 0 Å². The second-order valence-corrected chi connectivity index (χ2v) is 3.64. The molecule has 0 aliphatic rings. The Kier molecular flexibility index (Phi) is 3.13. The van der Waals surface area contributed by atoms with Crippen molar-refractivity contribution in [3.63, 3.8) is 0 Å². The summed E-state index contributed by atoms with van der Waals surface area (Å²) in [5.41, 5.74) is 4.22. The summed E-state index contributed by atoms with van der Waals surface area (Å²) in [7, 11) is 0. The van der Waals surface area contributed by atoms with Crippen LogP contribution in [0, 0.1) is 10.1 Å². The smallest absolute Gasteiger partial charge is 0.354 e. The molecule has 0 fully saturated rings. The molecule has 0 bridgehead atoms. The molecule has 0 unspecified atom stereocenters. The molecule has 0 saturated carbocycles. The maximum Gasteiger partial charge on any atom is 0.354 e. The predicted molar refractivity (Wildman–Crippen MR) is 63.5 cm³/mol. The summed E-state index contributed by atoms with van der Waals surface area (Å²) < 4.78 is 0.921. The van der Waals surface area contributed by atoms with Gasteiger partial charge in [0.2, 0.25) is 5.82 Å². The van der Waals surface area contributed by atoms with Crippen LogP contribution in [0.1, 0.15) is 20.8 Å². The first-order valence-electron chi connectivity index (χ1n) is 5.13. The maximum atomic E-state index is 11.0. The molecule has 0 aliphatic carbocycles. The fourth-order valence-electron chi connectivity index (χ4n) is 1.44. The van der Waals surface area contributed by atoms with Gasteiger partial charge in [-0.15, -0.1) is 0 Å². The topological polar surface area (TPSA) is 154 Å². The quantitative estimate of drug-likeness (QED) is 0.587. The van der Waals surface area contributed by atoms with Gasteiger partial charge < -0.3 is 10.8 Å². The molecule has 102 valence electrons. The highest BCUT2D eigenvalue weighted by Gasteiger charge is 2.21. The summed E-state index contributed by atoms with van der Waals surface area (Å²) in [4.78, 5) is 35.6. The maximum absolute atomic E-state index is 11.0. The standard InChI is InChI=1S/C10H7N5O5/c11-8(16)5-3-12-14(4-5)9-7(15(19)20)2-1-6(13-9)10(17)18/h1-4H,(H2,11,16)(H,17,18). The molecular formula is C10H7N5O5. The van der Waals surface area contributed by atoms with Gasteiger partial charge in [-0.3, -0.25) is 14.9 Å². The SMILES string of the molecule is NC(=O)c1cnn(-c2nc(C(=O)O)ccc2[N+](=O)[O-])c1. The fraction of sp³-hybridized carbons (Fsp3) is 0.